The molecule has 0 radical (unpaired) electrons. The van der Waals surface area contributed by atoms with Crippen LogP contribution < -0.4 is 5.32 Å². The first-order chi connectivity index (χ1) is 6.57. The van der Waals surface area contributed by atoms with Gasteiger partial charge in [0.05, 0.1) is 17.7 Å². The fourth-order valence-corrected chi connectivity index (χ4v) is 3.14. The molecule has 2 fully saturated rings. The van der Waals surface area contributed by atoms with Crippen LogP contribution in [-0.4, -0.2) is 50.0 Å². The van der Waals surface area contributed by atoms with Crippen LogP contribution in [0.1, 0.15) is 12.8 Å². The molecule has 2 aliphatic heterocycles. The van der Waals surface area contributed by atoms with Crippen molar-refractivity contribution in [2.24, 2.45) is 0 Å². The van der Waals surface area contributed by atoms with Crippen molar-refractivity contribution in [3.8, 4) is 0 Å². The van der Waals surface area contributed by atoms with Crippen LogP contribution in [0.25, 0.3) is 0 Å². The van der Waals surface area contributed by atoms with Gasteiger partial charge >= 0.3 is 0 Å². The molecule has 14 heavy (non-hydrogen) atoms. The van der Waals surface area contributed by atoms with E-state index in [2.05, 4.69) is 5.32 Å². The molecule has 0 aromatic rings. The Labute approximate surface area is 83.4 Å². The minimum Gasteiger partial charge on any atom is -0.341 e. The topological polar surface area (TPSA) is 66.5 Å². The average molecular weight is 218 g/mol. The Bertz CT molecular complexity index is 324. The molecule has 0 spiro atoms. The number of carbonyl (C=O) groups is 1. The van der Waals surface area contributed by atoms with Crippen LogP contribution in [0.2, 0.25) is 0 Å². The van der Waals surface area contributed by atoms with Crippen molar-refractivity contribution in [3.05, 3.63) is 0 Å². The molecule has 0 saturated carbocycles. The lowest BCUT2D eigenvalue weighted by Gasteiger charge is -2.31. The average Bonchev–Trinajstić information content (AvgIpc) is 2.52. The summed E-state index contributed by atoms with van der Waals surface area (Å²) in [6, 6.07) is 0. The molecule has 2 aliphatic rings. The number of amides is 1. The molecule has 0 aliphatic carbocycles. The number of rotatable bonds is 1. The maximum Gasteiger partial charge on any atom is 0.221 e. The van der Waals surface area contributed by atoms with Crippen molar-refractivity contribution >= 4 is 15.7 Å². The first kappa shape index (κ1) is 9.92. The molecule has 1 N–H and O–H groups in total. The summed E-state index contributed by atoms with van der Waals surface area (Å²) in [5.74, 6) is 0.516. The predicted octanol–water partition coefficient (Wildman–Crippen LogP) is -1.05. The van der Waals surface area contributed by atoms with Gasteiger partial charge in [0, 0.05) is 19.5 Å². The highest BCUT2D eigenvalue weighted by Crippen LogP contribution is 2.14. The molecule has 80 valence electrons. The number of carbonyl (C=O) groups excluding carboxylic acids is 1. The molecule has 1 atom stereocenters. The Morgan fingerprint density at radius 2 is 1.93 bits per heavy atom. The van der Waals surface area contributed by atoms with E-state index in [-0.39, 0.29) is 23.6 Å². The molecule has 1 amide bonds. The van der Waals surface area contributed by atoms with Gasteiger partial charge in [-0.05, 0) is 6.42 Å². The van der Waals surface area contributed by atoms with Gasteiger partial charge in [0.1, 0.15) is 0 Å². The maximum absolute atomic E-state index is 11.2. The zero-order chi connectivity index (χ0) is 10.2. The summed E-state index contributed by atoms with van der Waals surface area (Å²) >= 11 is 0. The summed E-state index contributed by atoms with van der Waals surface area (Å²) in [6.45, 7) is 1.10. The SMILES string of the molecule is O=C1CCC(N2CCS(=O)(=O)CC2)N1. The maximum atomic E-state index is 11.2. The number of hydrogen-bond donors (Lipinski definition) is 1. The number of nitrogens with one attached hydrogen (secondary N) is 1. The smallest absolute Gasteiger partial charge is 0.221 e. The lowest BCUT2D eigenvalue weighted by Crippen LogP contribution is -2.50. The molecule has 0 aromatic carbocycles. The Balaban J connectivity index is 1.92. The first-order valence-electron chi connectivity index (χ1n) is 4.81. The summed E-state index contributed by atoms with van der Waals surface area (Å²) in [5, 5.41) is 2.84. The highest BCUT2D eigenvalue weighted by molar-refractivity contribution is 7.91. The molecule has 6 heteroatoms. The second kappa shape index (κ2) is 3.51. The van der Waals surface area contributed by atoms with Crippen LogP contribution in [0.4, 0.5) is 0 Å². The second-order valence-electron chi connectivity index (χ2n) is 3.81. The van der Waals surface area contributed by atoms with Crippen molar-refractivity contribution in [1.82, 2.24) is 10.2 Å². The van der Waals surface area contributed by atoms with Crippen molar-refractivity contribution in [2.45, 2.75) is 19.0 Å². The first-order valence-corrected chi connectivity index (χ1v) is 6.63. The standard InChI is InChI=1S/C8H14N2O3S/c11-8-2-1-7(9-8)10-3-5-14(12,13)6-4-10/h7H,1-6H2,(H,9,11). The molecule has 2 rings (SSSR count). The third-order valence-electron chi connectivity index (χ3n) is 2.79. The molecule has 2 saturated heterocycles. The molecule has 2 heterocycles. The van der Waals surface area contributed by atoms with Crippen molar-refractivity contribution in [3.63, 3.8) is 0 Å². The Morgan fingerprint density at radius 1 is 1.29 bits per heavy atom. The van der Waals surface area contributed by atoms with Crippen LogP contribution in [0.3, 0.4) is 0 Å². The Hall–Kier alpha value is -0.620. The van der Waals surface area contributed by atoms with Crippen molar-refractivity contribution < 1.29 is 13.2 Å². The Morgan fingerprint density at radius 3 is 2.43 bits per heavy atom. The van der Waals surface area contributed by atoms with E-state index >= 15 is 0 Å². The predicted molar refractivity (Wildman–Crippen MR) is 51.4 cm³/mol. The van der Waals surface area contributed by atoms with Gasteiger partial charge in [-0.25, -0.2) is 8.42 Å². The summed E-state index contributed by atoms with van der Waals surface area (Å²) in [4.78, 5) is 13.0. The molecular weight excluding hydrogens is 204 g/mol. The van der Waals surface area contributed by atoms with E-state index in [9.17, 15) is 13.2 Å². The van der Waals surface area contributed by atoms with Gasteiger partial charge < -0.3 is 5.32 Å². The number of hydrogen-bond acceptors (Lipinski definition) is 4. The van der Waals surface area contributed by atoms with Crippen molar-refractivity contribution in [1.29, 1.82) is 0 Å². The summed E-state index contributed by atoms with van der Waals surface area (Å²) in [6.07, 6.45) is 1.44. The monoisotopic (exact) mass is 218 g/mol. The van der Waals surface area contributed by atoms with E-state index < -0.39 is 9.84 Å². The number of sulfone groups is 1. The van der Waals surface area contributed by atoms with Crippen LogP contribution >= 0.6 is 0 Å². The van der Waals surface area contributed by atoms with Crippen molar-refractivity contribution in [2.75, 3.05) is 24.6 Å². The molecular formula is C8H14N2O3S. The Kier molecular flexibility index (Phi) is 2.48. The third-order valence-corrected chi connectivity index (χ3v) is 4.40. The number of nitrogens with zero attached hydrogens (tertiary/aromatic N) is 1. The van der Waals surface area contributed by atoms with Gasteiger partial charge in [-0.15, -0.1) is 0 Å². The van der Waals surface area contributed by atoms with Crippen LogP contribution in [0.5, 0.6) is 0 Å². The van der Waals surface area contributed by atoms with Gasteiger partial charge in [-0.1, -0.05) is 0 Å². The quantitative estimate of drug-likeness (QED) is 0.610. The van der Waals surface area contributed by atoms with Gasteiger partial charge in [0.15, 0.2) is 9.84 Å². The molecule has 1 unspecified atom stereocenters. The zero-order valence-electron chi connectivity index (χ0n) is 7.90. The zero-order valence-corrected chi connectivity index (χ0v) is 8.72. The van der Waals surface area contributed by atoms with E-state index in [0.29, 0.717) is 19.5 Å². The van der Waals surface area contributed by atoms with Gasteiger partial charge in [0.25, 0.3) is 0 Å². The van der Waals surface area contributed by atoms with Crippen LogP contribution in [-0.2, 0) is 14.6 Å². The van der Waals surface area contributed by atoms with Gasteiger partial charge in [-0.3, -0.25) is 9.69 Å². The van der Waals surface area contributed by atoms with E-state index in [4.69, 9.17) is 0 Å². The summed E-state index contributed by atoms with van der Waals surface area (Å²) in [7, 11) is -2.81. The lowest BCUT2D eigenvalue weighted by atomic mass is 10.3. The van der Waals surface area contributed by atoms with Gasteiger partial charge in [-0.2, -0.15) is 0 Å². The largest absolute Gasteiger partial charge is 0.341 e. The highest BCUT2D eigenvalue weighted by atomic mass is 32.2. The molecule has 0 bridgehead atoms. The normalized spacial score (nSPS) is 32.9. The van der Waals surface area contributed by atoms with E-state index in [1.807, 2.05) is 4.90 Å². The van der Waals surface area contributed by atoms with E-state index in [1.54, 1.807) is 0 Å². The highest BCUT2D eigenvalue weighted by Gasteiger charge is 2.30. The summed E-state index contributed by atoms with van der Waals surface area (Å²) in [5.41, 5.74) is 0. The van der Waals surface area contributed by atoms with Gasteiger partial charge in [0.2, 0.25) is 5.91 Å². The fraction of sp³-hybridized carbons (Fsp3) is 0.875. The van der Waals surface area contributed by atoms with E-state index in [0.717, 1.165) is 6.42 Å². The lowest BCUT2D eigenvalue weighted by molar-refractivity contribution is -0.119. The van der Waals surface area contributed by atoms with Crippen LogP contribution in [0.15, 0.2) is 0 Å². The third kappa shape index (κ3) is 2.06. The summed E-state index contributed by atoms with van der Waals surface area (Å²) < 4.78 is 22.3. The second-order valence-corrected chi connectivity index (χ2v) is 6.11. The minimum atomic E-state index is -2.81. The molecule has 5 nitrogen and oxygen atoms in total. The van der Waals surface area contributed by atoms with E-state index in [1.165, 1.54) is 0 Å². The minimum absolute atomic E-state index is 0.0676. The molecule has 0 aromatic heterocycles. The van der Waals surface area contributed by atoms with Crippen LogP contribution in [0, 0.1) is 0 Å². The fourth-order valence-electron chi connectivity index (χ4n) is 1.91.